The first-order valence-electron chi connectivity index (χ1n) is 7.03. The highest BCUT2D eigenvalue weighted by atomic mass is 32.1. The Kier molecular flexibility index (Phi) is 3.36. The van der Waals surface area contributed by atoms with Gasteiger partial charge in [-0.25, -0.2) is 4.98 Å². The van der Waals surface area contributed by atoms with Gasteiger partial charge in [-0.3, -0.25) is 14.2 Å². The molecular formula is C17H12N4OS. The van der Waals surface area contributed by atoms with Crippen LogP contribution in [-0.4, -0.2) is 20.3 Å². The van der Waals surface area contributed by atoms with Gasteiger partial charge in [0.2, 0.25) is 0 Å². The third kappa shape index (κ3) is 2.72. The summed E-state index contributed by atoms with van der Waals surface area (Å²) in [5.41, 5.74) is 3.21. The van der Waals surface area contributed by atoms with Crippen molar-refractivity contribution < 1.29 is 4.79 Å². The minimum Gasteiger partial charge on any atom is -0.322 e. The fourth-order valence-corrected chi connectivity index (χ4v) is 2.99. The lowest BCUT2D eigenvalue weighted by Gasteiger charge is -2.05. The highest BCUT2D eigenvalue weighted by molar-refractivity contribution is 7.15. The maximum absolute atomic E-state index is 12.1. The zero-order valence-electron chi connectivity index (χ0n) is 12.0. The Hall–Kier alpha value is -2.99. The van der Waals surface area contributed by atoms with E-state index in [1.807, 2.05) is 46.4 Å². The largest absolute Gasteiger partial charge is 0.322 e. The van der Waals surface area contributed by atoms with E-state index in [0.717, 1.165) is 21.9 Å². The summed E-state index contributed by atoms with van der Waals surface area (Å²) < 4.78 is 2.00. The van der Waals surface area contributed by atoms with Gasteiger partial charge in [0.05, 0.1) is 11.3 Å². The molecule has 6 heteroatoms. The van der Waals surface area contributed by atoms with Gasteiger partial charge in [0.1, 0.15) is 0 Å². The first kappa shape index (κ1) is 13.7. The molecule has 3 aromatic heterocycles. The molecule has 0 aliphatic heterocycles. The van der Waals surface area contributed by atoms with Gasteiger partial charge in [-0.05, 0) is 24.3 Å². The number of fused-ring (bicyclic) bond motifs is 1. The lowest BCUT2D eigenvalue weighted by atomic mass is 10.1. The maximum atomic E-state index is 12.1. The summed E-state index contributed by atoms with van der Waals surface area (Å²) in [4.78, 5) is 21.6. The molecule has 0 radical (unpaired) electrons. The number of imidazole rings is 1. The normalized spacial score (nSPS) is 10.8. The van der Waals surface area contributed by atoms with Gasteiger partial charge < -0.3 is 5.32 Å². The molecule has 4 aromatic rings. The molecule has 0 aliphatic rings. The number of amides is 1. The number of rotatable bonds is 3. The molecule has 0 saturated carbocycles. The van der Waals surface area contributed by atoms with E-state index in [4.69, 9.17) is 0 Å². The second-order valence-electron chi connectivity index (χ2n) is 4.99. The molecule has 23 heavy (non-hydrogen) atoms. The second-order valence-corrected chi connectivity index (χ2v) is 5.87. The van der Waals surface area contributed by atoms with Gasteiger partial charge in [0, 0.05) is 41.4 Å². The SMILES string of the molecule is O=C(Nc1ccc(-c2cn3ccsc3n2)cc1)c1cccnc1. The van der Waals surface area contributed by atoms with Gasteiger partial charge in [0.25, 0.3) is 5.91 Å². The van der Waals surface area contributed by atoms with Crippen molar-refractivity contribution in [2.45, 2.75) is 0 Å². The summed E-state index contributed by atoms with van der Waals surface area (Å²) in [5, 5.41) is 4.86. The Morgan fingerprint density at radius 3 is 2.78 bits per heavy atom. The number of carbonyl (C=O) groups excluding carboxylic acids is 1. The minimum absolute atomic E-state index is 0.173. The Labute approximate surface area is 136 Å². The molecule has 5 nitrogen and oxygen atoms in total. The molecule has 0 unspecified atom stereocenters. The number of carbonyl (C=O) groups is 1. The van der Waals surface area contributed by atoms with Gasteiger partial charge in [-0.1, -0.05) is 12.1 Å². The number of hydrogen-bond acceptors (Lipinski definition) is 4. The van der Waals surface area contributed by atoms with Crippen molar-refractivity contribution in [3.8, 4) is 11.3 Å². The second kappa shape index (κ2) is 5.66. The molecule has 0 spiro atoms. The number of nitrogens with one attached hydrogen (secondary N) is 1. The predicted octanol–water partition coefficient (Wildman–Crippen LogP) is 3.71. The van der Waals surface area contributed by atoms with Gasteiger partial charge in [-0.2, -0.15) is 0 Å². The minimum atomic E-state index is -0.173. The van der Waals surface area contributed by atoms with Crippen LogP contribution >= 0.6 is 11.3 Å². The fourth-order valence-electron chi connectivity index (χ4n) is 2.29. The number of pyridine rings is 1. The number of hydrogen-bond donors (Lipinski definition) is 1. The van der Waals surface area contributed by atoms with Crippen LogP contribution in [0.25, 0.3) is 16.2 Å². The smallest absolute Gasteiger partial charge is 0.257 e. The van der Waals surface area contributed by atoms with Crippen molar-refractivity contribution in [1.29, 1.82) is 0 Å². The zero-order valence-corrected chi connectivity index (χ0v) is 12.8. The average Bonchev–Trinajstić information content (AvgIpc) is 3.18. The van der Waals surface area contributed by atoms with Crippen LogP contribution in [0.15, 0.2) is 66.6 Å². The van der Waals surface area contributed by atoms with Crippen molar-refractivity contribution in [1.82, 2.24) is 14.4 Å². The highest BCUT2D eigenvalue weighted by Gasteiger charge is 2.07. The number of nitrogens with zero attached hydrogens (tertiary/aromatic N) is 3. The van der Waals surface area contributed by atoms with E-state index in [1.165, 1.54) is 0 Å². The number of anilines is 1. The van der Waals surface area contributed by atoms with E-state index < -0.39 is 0 Å². The Morgan fingerprint density at radius 1 is 1.17 bits per heavy atom. The Balaban J connectivity index is 1.54. The average molecular weight is 320 g/mol. The molecule has 112 valence electrons. The van der Waals surface area contributed by atoms with Crippen LogP contribution in [0.5, 0.6) is 0 Å². The molecule has 1 amide bonds. The van der Waals surface area contributed by atoms with Gasteiger partial charge in [-0.15, -0.1) is 11.3 Å². The monoisotopic (exact) mass is 320 g/mol. The summed E-state index contributed by atoms with van der Waals surface area (Å²) in [7, 11) is 0. The van der Waals surface area contributed by atoms with Crippen molar-refractivity contribution in [3.05, 3.63) is 72.1 Å². The van der Waals surface area contributed by atoms with Crippen LogP contribution in [0.2, 0.25) is 0 Å². The fraction of sp³-hybridized carbons (Fsp3) is 0. The van der Waals surface area contributed by atoms with Crippen molar-refractivity contribution in [3.63, 3.8) is 0 Å². The van der Waals surface area contributed by atoms with E-state index in [9.17, 15) is 4.79 Å². The predicted molar refractivity (Wildman–Crippen MR) is 90.7 cm³/mol. The molecule has 4 rings (SSSR count). The van der Waals surface area contributed by atoms with E-state index in [1.54, 1.807) is 35.9 Å². The molecule has 1 N–H and O–H groups in total. The molecule has 3 heterocycles. The van der Waals surface area contributed by atoms with Crippen LogP contribution in [-0.2, 0) is 0 Å². The third-order valence-electron chi connectivity index (χ3n) is 3.46. The molecule has 0 fully saturated rings. The topological polar surface area (TPSA) is 59.3 Å². The van der Waals surface area contributed by atoms with Crippen LogP contribution in [0.1, 0.15) is 10.4 Å². The molecule has 0 bridgehead atoms. The molecular weight excluding hydrogens is 308 g/mol. The van der Waals surface area contributed by atoms with Crippen LogP contribution in [0.3, 0.4) is 0 Å². The maximum Gasteiger partial charge on any atom is 0.257 e. The van der Waals surface area contributed by atoms with Crippen LogP contribution in [0, 0.1) is 0 Å². The number of benzene rings is 1. The van der Waals surface area contributed by atoms with Crippen LogP contribution in [0.4, 0.5) is 5.69 Å². The van der Waals surface area contributed by atoms with Crippen molar-refractivity contribution >= 4 is 27.9 Å². The first-order valence-corrected chi connectivity index (χ1v) is 7.91. The van der Waals surface area contributed by atoms with E-state index in [0.29, 0.717) is 5.56 Å². The molecule has 1 aromatic carbocycles. The quantitative estimate of drug-likeness (QED) is 0.626. The van der Waals surface area contributed by atoms with E-state index in [-0.39, 0.29) is 5.91 Å². The van der Waals surface area contributed by atoms with E-state index in [2.05, 4.69) is 15.3 Å². The lowest BCUT2D eigenvalue weighted by Crippen LogP contribution is -2.11. The number of thiazole rings is 1. The van der Waals surface area contributed by atoms with E-state index >= 15 is 0 Å². The van der Waals surface area contributed by atoms with Crippen molar-refractivity contribution in [2.75, 3.05) is 5.32 Å². The lowest BCUT2D eigenvalue weighted by molar-refractivity contribution is 0.102. The highest BCUT2D eigenvalue weighted by Crippen LogP contribution is 2.23. The molecule has 0 aliphatic carbocycles. The molecule has 0 saturated heterocycles. The summed E-state index contributed by atoms with van der Waals surface area (Å²) >= 11 is 1.60. The Bertz CT molecular complexity index is 929. The first-order chi connectivity index (χ1) is 11.3. The van der Waals surface area contributed by atoms with Crippen molar-refractivity contribution in [2.24, 2.45) is 0 Å². The van der Waals surface area contributed by atoms with Gasteiger partial charge >= 0.3 is 0 Å². The Morgan fingerprint density at radius 2 is 2.04 bits per heavy atom. The summed E-state index contributed by atoms with van der Waals surface area (Å²) in [5.74, 6) is -0.173. The summed E-state index contributed by atoms with van der Waals surface area (Å²) in [6, 6.07) is 11.1. The zero-order chi connectivity index (χ0) is 15.6. The number of aromatic nitrogens is 3. The summed E-state index contributed by atoms with van der Waals surface area (Å²) in [6.45, 7) is 0. The standard InChI is InChI=1S/C17H12N4OS/c22-16(13-2-1-7-18-10-13)19-14-5-3-12(4-6-14)15-11-21-8-9-23-17(21)20-15/h1-11H,(H,19,22). The van der Waals surface area contributed by atoms with Crippen LogP contribution < -0.4 is 5.32 Å². The summed E-state index contributed by atoms with van der Waals surface area (Å²) in [6.07, 6.45) is 7.16. The molecule has 0 atom stereocenters. The van der Waals surface area contributed by atoms with Gasteiger partial charge in [0.15, 0.2) is 4.96 Å². The third-order valence-corrected chi connectivity index (χ3v) is 4.23.